The fraction of sp³-hybridized carbons (Fsp3) is 0.364. The summed E-state index contributed by atoms with van der Waals surface area (Å²) in [7, 11) is 0. The molecule has 0 fully saturated rings. The smallest absolute Gasteiger partial charge is 0.225 e. The van der Waals surface area contributed by atoms with Crippen molar-refractivity contribution in [2.75, 3.05) is 6.61 Å². The summed E-state index contributed by atoms with van der Waals surface area (Å²) in [6, 6.07) is 0. The third kappa shape index (κ3) is 2.25. The Kier molecular flexibility index (Phi) is 2.68. The van der Waals surface area contributed by atoms with Crippen molar-refractivity contribution in [1.29, 1.82) is 5.41 Å². The highest BCUT2D eigenvalue weighted by molar-refractivity contribution is 5.75. The standard InChI is InChI=1S/C11H13NO2/c12-11-8-13-7-10(14-11)6-9-4-2-1-3-5-9/h1-2,4,7,12H,3,5-6,8H2. The van der Waals surface area contributed by atoms with Crippen LogP contribution in [-0.4, -0.2) is 12.5 Å². The molecule has 2 aliphatic rings. The van der Waals surface area contributed by atoms with Crippen LogP contribution in [0, 0.1) is 5.41 Å². The van der Waals surface area contributed by atoms with E-state index in [1.54, 1.807) is 6.26 Å². The number of ether oxygens (including phenoxy) is 2. The highest BCUT2D eigenvalue weighted by Gasteiger charge is 2.12. The van der Waals surface area contributed by atoms with E-state index in [0.717, 1.165) is 25.0 Å². The maximum atomic E-state index is 7.31. The fourth-order valence-electron chi connectivity index (χ4n) is 1.52. The van der Waals surface area contributed by atoms with Gasteiger partial charge in [-0.2, -0.15) is 0 Å². The van der Waals surface area contributed by atoms with E-state index in [4.69, 9.17) is 14.9 Å². The third-order valence-corrected chi connectivity index (χ3v) is 2.18. The molecule has 14 heavy (non-hydrogen) atoms. The first kappa shape index (κ1) is 9.06. The minimum Gasteiger partial charge on any atom is -0.488 e. The van der Waals surface area contributed by atoms with Crippen molar-refractivity contribution >= 4 is 5.90 Å². The number of rotatable bonds is 2. The van der Waals surface area contributed by atoms with Gasteiger partial charge in [0.2, 0.25) is 5.90 Å². The van der Waals surface area contributed by atoms with Crippen molar-refractivity contribution < 1.29 is 9.47 Å². The van der Waals surface area contributed by atoms with Crippen LogP contribution < -0.4 is 0 Å². The van der Waals surface area contributed by atoms with Crippen LogP contribution in [0.25, 0.3) is 0 Å². The highest BCUT2D eigenvalue weighted by Crippen LogP contribution is 2.21. The lowest BCUT2D eigenvalue weighted by Crippen LogP contribution is -2.15. The maximum absolute atomic E-state index is 7.31. The molecule has 0 aromatic heterocycles. The van der Waals surface area contributed by atoms with Crippen LogP contribution in [-0.2, 0) is 9.47 Å². The molecule has 74 valence electrons. The normalized spacial score (nSPS) is 20.7. The lowest BCUT2D eigenvalue weighted by molar-refractivity contribution is 0.209. The van der Waals surface area contributed by atoms with Crippen molar-refractivity contribution in [2.45, 2.75) is 19.3 Å². The molecule has 0 aromatic carbocycles. The van der Waals surface area contributed by atoms with Gasteiger partial charge in [0, 0.05) is 6.42 Å². The van der Waals surface area contributed by atoms with Crippen LogP contribution in [0.5, 0.6) is 0 Å². The monoisotopic (exact) mass is 191 g/mol. The second kappa shape index (κ2) is 4.13. The fourth-order valence-corrected chi connectivity index (χ4v) is 1.52. The van der Waals surface area contributed by atoms with E-state index < -0.39 is 0 Å². The van der Waals surface area contributed by atoms with Gasteiger partial charge < -0.3 is 9.47 Å². The van der Waals surface area contributed by atoms with Gasteiger partial charge in [0.25, 0.3) is 0 Å². The molecule has 0 saturated carbocycles. The first-order chi connectivity index (χ1) is 6.84. The van der Waals surface area contributed by atoms with Gasteiger partial charge in [0.1, 0.15) is 12.0 Å². The third-order valence-electron chi connectivity index (χ3n) is 2.18. The summed E-state index contributed by atoms with van der Waals surface area (Å²) in [5.74, 6) is 0.928. The van der Waals surface area contributed by atoms with Crippen molar-refractivity contribution in [3.05, 3.63) is 35.8 Å². The molecule has 1 N–H and O–H groups in total. The van der Waals surface area contributed by atoms with Gasteiger partial charge in [-0.15, -0.1) is 0 Å². The van der Waals surface area contributed by atoms with Gasteiger partial charge >= 0.3 is 0 Å². The number of nitrogens with one attached hydrogen (secondary N) is 1. The van der Waals surface area contributed by atoms with Gasteiger partial charge in [-0.1, -0.05) is 23.8 Å². The SMILES string of the molecule is N=C1COC=C(CC2=CC=CCC2)O1. The Labute approximate surface area is 83.2 Å². The largest absolute Gasteiger partial charge is 0.488 e. The Morgan fingerprint density at radius 3 is 3.07 bits per heavy atom. The zero-order chi connectivity index (χ0) is 9.80. The van der Waals surface area contributed by atoms with E-state index in [0.29, 0.717) is 0 Å². The average molecular weight is 191 g/mol. The van der Waals surface area contributed by atoms with E-state index in [2.05, 4.69) is 18.2 Å². The molecule has 2 rings (SSSR count). The molecule has 0 aromatic rings. The average Bonchev–Trinajstić information content (AvgIpc) is 2.19. The zero-order valence-corrected chi connectivity index (χ0v) is 7.95. The summed E-state index contributed by atoms with van der Waals surface area (Å²) in [5, 5.41) is 7.31. The summed E-state index contributed by atoms with van der Waals surface area (Å²) >= 11 is 0. The Balaban J connectivity index is 1.96. The molecule has 0 bridgehead atoms. The van der Waals surface area contributed by atoms with Crippen molar-refractivity contribution in [3.63, 3.8) is 0 Å². The van der Waals surface area contributed by atoms with Crippen molar-refractivity contribution in [1.82, 2.24) is 0 Å². The second-order valence-corrected chi connectivity index (χ2v) is 3.39. The maximum Gasteiger partial charge on any atom is 0.225 e. The molecular formula is C11H13NO2. The molecule has 0 spiro atoms. The number of hydrogen-bond donors (Lipinski definition) is 1. The summed E-state index contributed by atoms with van der Waals surface area (Å²) in [5.41, 5.74) is 1.33. The molecule has 0 amide bonds. The minimum atomic E-state index is 0.189. The predicted molar refractivity (Wildman–Crippen MR) is 53.9 cm³/mol. The Morgan fingerprint density at radius 1 is 1.43 bits per heavy atom. The van der Waals surface area contributed by atoms with Gasteiger partial charge in [-0.05, 0) is 12.8 Å². The van der Waals surface area contributed by atoms with Crippen LogP contribution >= 0.6 is 0 Å². The molecule has 0 atom stereocenters. The van der Waals surface area contributed by atoms with Gasteiger partial charge in [-0.3, -0.25) is 5.41 Å². The Bertz CT molecular complexity index is 326. The molecule has 1 aliphatic carbocycles. The first-order valence-electron chi connectivity index (χ1n) is 4.75. The summed E-state index contributed by atoms with van der Waals surface area (Å²) < 4.78 is 10.3. The zero-order valence-electron chi connectivity index (χ0n) is 7.95. The predicted octanol–water partition coefficient (Wildman–Crippen LogP) is 2.52. The van der Waals surface area contributed by atoms with Crippen molar-refractivity contribution in [3.8, 4) is 0 Å². The van der Waals surface area contributed by atoms with Gasteiger partial charge in [0.15, 0.2) is 6.61 Å². The lowest BCUT2D eigenvalue weighted by atomic mass is 10.0. The number of hydrogen-bond acceptors (Lipinski definition) is 3. The van der Waals surface area contributed by atoms with Gasteiger partial charge in [0.05, 0.1) is 0 Å². The molecule has 0 unspecified atom stereocenters. The molecule has 3 heteroatoms. The van der Waals surface area contributed by atoms with Crippen LogP contribution in [0.15, 0.2) is 35.8 Å². The molecule has 0 saturated heterocycles. The van der Waals surface area contributed by atoms with E-state index in [1.807, 2.05) is 0 Å². The highest BCUT2D eigenvalue weighted by atomic mass is 16.6. The van der Waals surface area contributed by atoms with Crippen LogP contribution in [0.4, 0.5) is 0 Å². The summed E-state index contributed by atoms with van der Waals surface area (Å²) in [6.07, 6.45) is 10.9. The quantitative estimate of drug-likeness (QED) is 0.728. The topological polar surface area (TPSA) is 42.3 Å². The van der Waals surface area contributed by atoms with E-state index in [9.17, 15) is 0 Å². The Morgan fingerprint density at radius 2 is 2.36 bits per heavy atom. The summed E-state index contributed by atoms with van der Waals surface area (Å²) in [6.45, 7) is 0.252. The Hall–Kier alpha value is -1.51. The lowest BCUT2D eigenvalue weighted by Gasteiger charge is -2.17. The van der Waals surface area contributed by atoms with Crippen LogP contribution in [0.2, 0.25) is 0 Å². The minimum absolute atomic E-state index is 0.189. The molecule has 3 nitrogen and oxygen atoms in total. The molecule has 0 radical (unpaired) electrons. The summed E-state index contributed by atoms with van der Waals surface area (Å²) in [4.78, 5) is 0. The van der Waals surface area contributed by atoms with Crippen LogP contribution in [0.3, 0.4) is 0 Å². The molecule has 1 aliphatic heterocycles. The number of allylic oxidation sites excluding steroid dienone is 4. The van der Waals surface area contributed by atoms with E-state index in [1.165, 1.54) is 5.57 Å². The van der Waals surface area contributed by atoms with Crippen molar-refractivity contribution in [2.24, 2.45) is 0 Å². The van der Waals surface area contributed by atoms with Crippen LogP contribution in [0.1, 0.15) is 19.3 Å². The second-order valence-electron chi connectivity index (χ2n) is 3.39. The first-order valence-corrected chi connectivity index (χ1v) is 4.75. The van der Waals surface area contributed by atoms with E-state index in [-0.39, 0.29) is 12.5 Å². The molecular weight excluding hydrogens is 178 g/mol. The van der Waals surface area contributed by atoms with E-state index >= 15 is 0 Å². The molecule has 1 heterocycles. The van der Waals surface area contributed by atoms with Gasteiger partial charge in [-0.25, -0.2) is 0 Å².